The van der Waals surface area contributed by atoms with Gasteiger partial charge in [0.2, 0.25) is 0 Å². The van der Waals surface area contributed by atoms with E-state index in [1.165, 1.54) is 0 Å². The number of sulfone groups is 1. The van der Waals surface area contributed by atoms with E-state index >= 15 is 0 Å². The van der Waals surface area contributed by atoms with Crippen LogP contribution in [0.3, 0.4) is 0 Å². The molecule has 90 valence electrons. The van der Waals surface area contributed by atoms with Crippen LogP contribution in [0.25, 0.3) is 0 Å². The zero-order valence-corrected chi connectivity index (χ0v) is 10.1. The summed E-state index contributed by atoms with van der Waals surface area (Å²) in [6.07, 6.45) is 3.38. The predicted molar refractivity (Wildman–Crippen MR) is 60.5 cm³/mol. The summed E-state index contributed by atoms with van der Waals surface area (Å²) in [7, 11) is -3.05. The van der Waals surface area contributed by atoms with Crippen molar-refractivity contribution in [3.63, 3.8) is 0 Å². The molecule has 0 spiro atoms. The zero-order valence-electron chi connectivity index (χ0n) is 9.31. The Morgan fingerprint density at radius 3 is 2.73 bits per heavy atom. The van der Waals surface area contributed by atoms with Crippen molar-refractivity contribution in [2.75, 3.05) is 19.0 Å². The molecule has 0 saturated carbocycles. The second kappa shape index (κ2) is 5.82. The lowest BCUT2D eigenvalue weighted by Gasteiger charge is -2.28. The lowest BCUT2D eigenvalue weighted by atomic mass is 10.1. The predicted octanol–water partition coefficient (Wildman–Crippen LogP) is 0.708. The SMILES string of the molecule is CCCCCS(=O)(=O)C1COCCC1N. The normalized spacial score (nSPS) is 27.9. The maximum atomic E-state index is 11.9. The van der Waals surface area contributed by atoms with Crippen LogP contribution in [0.4, 0.5) is 0 Å². The van der Waals surface area contributed by atoms with Crippen molar-refractivity contribution < 1.29 is 13.2 Å². The Labute approximate surface area is 92.1 Å². The van der Waals surface area contributed by atoms with Gasteiger partial charge in [0, 0.05) is 12.6 Å². The van der Waals surface area contributed by atoms with Gasteiger partial charge in [-0.1, -0.05) is 19.8 Å². The van der Waals surface area contributed by atoms with Crippen LogP contribution in [0.2, 0.25) is 0 Å². The summed E-state index contributed by atoms with van der Waals surface area (Å²) in [5, 5.41) is -0.483. The van der Waals surface area contributed by atoms with Gasteiger partial charge in [-0.15, -0.1) is 0 Å². The third-order valence-electron chi connectivity index (χ3n) is 2.85. The van der Waals surface area contributed by atoms with Gasteiger partial charge in [-0.2, -0.15) is 0 Å². The number of rotatable bonds is 5. The largest absolute Gasteiger partial charge is 0.380 e. The van der Waals surface area contributed by atoms with Crippen LogP contribution in [0.15, 0.2) is 0 Å². The van der Waals surface area contributed by atoms with E-state index in [9.17, 15) is 8.42 Å². The van der Waals surface area contributed by atoms with Gasteiger partial charge >= 0.3 is 0 Å². The molecule has 0 amide bonds. The van der Waals surface area contributed by atoms with Gasteiger partial charge in [0.05, 0.1) is 17.6 Å². The molecule has 1 aliphatic rings. The van der Waals surface area contributed by atoms with Crippen LogP contribution < -0.4 is 5.73 Å². The molecule has 5 heteroatoms. The monoisotopic (exact) mass is 235 g/mol. The Balaban J connectivity index is 2.51. The minimum absolute atomic E-state index is 0.245. The highest BCUT2D eigenvalue weighted by Crippen LogP contribution is 2.16. The third-order valence-corrected chi connectivity index (χ3v) is 5.11. The molecule has 1 rings (SSSR count). The molecule has 1 fully saturated rings. The summed E-state index contributed by atoms with van der Waals surface area (Å²) in [5.74, 6) is 0.253. The van der Waals surface area contributed by atoms with Crippen molar-refractivity contribution in [1.29, 1.82) is 0 Å². The van der Waals surface area contributed by atoms with Crippen LogP contribution in [0.1, 0.15) is 32.6 Å². The zero-order chi connectivity index (χ0) is 11.3. The molecule has 0 aliphatic carbocycles. The van der Waals surface area contributed by atoms with Gasteiger partial charge < -0.3 is 10.5 Å². The van der Waals surface area contributed by atoms with Gasteiger partial charge in [0.25, 0.3) is 0 Å². The molecule has 2 N–H and O–H groups in total. The van der Waals surface area contributed by atoms with E-state index in [2.05, 4.69) is 6.92 Å². The summed E-state index contributed by atoms with van der Waals surface area (Å²) in [6.45, 7) is 2.92. The summed E-state index contributed by atoms with van der Waals surface area (Å²) in [6, 6.07) is -0.245. The molecular formula is C10H21NO3S. The molecule has 1 aliphatic heterocycles. The second-order valence-corrected chi connectivity index (χ2v) is 6.48. The van der Waals surface area contributed by atoms with Gasteiger partial charge in [-0.25, -0.2) is 8.42 Å². The highest BCUT2D eigenvalue weighted by Gasteiger charge is 2.33. The third kappa shape index (κ3) is 3.74. The fraction of sp³-hybridized carbons (Fsp3) is 1.00. The Hall–Kier alpha value is -0.130. The Morgan fingerprint density at radius 1 is 1.40 bits per heavy atom. The van der Waals surface area contributed by atoms with Crippen LogP contribution in [-0.4, -0.2) is 38.7 Å². The Bertz CT molecular complexity index is 276. The molecule has 0 aromatic rings. The fourth-order valence-corrected chi connectivity index (χ4v) is 3.68. The highest BCUT2D eigenvalue weighted by molar-refractivity contribution is 7.92. The number of ether oxygens (including phenoxy) is 1. The molecule has 0 radical (unpaired) electrons. The number of hydrogen-bond acceptors (Lipinski definition) is 4. The van der Waals surface area contributed by atoms with E-state index in [1.54, 1.807) is 0 Å². The average molecular weight is 235 g/mol. The van der Waals surface area contributed by atoms with Crippen molar-refractivity contribution in [3.05, 3.63) is 0 Å². The first-order valence-corrected chi connectivity index (χ1v) is 7.34. The van der Waals surface area contributed by atoms with Crippen molar-refractivity contribution in [3.8, 4) is 0 Å². The maximum Gasteiger partial charge on any atom is 0.156 e. The molecule has 1 saturated heterocycles. The smallest absolute Gasteiger partial charge is 0.156 e. The van der Waals surface area contributed by atoms with Gasteiger partial charge in [0.15, 0.2) is 9.84 Å². The van der Waals surface area contributed by atoms with Crippen LogP contribution in [0.5, 0.6) is 0 Å². The van der Waals surface area contributed by atoms with E-state index in [-0.39, 0.29) is 18.4 Å². The number of unbranched alkanes of at least 4 members (excludes halogenated alkanes) is 2. The maximum absolute atomic E-state index is 11.9. The van der Waals surface area contributed by atoms with E-state index in [0.29, 0.717) is 13.0 Å². The summed E-state index contributed by atoms with van der Waals surface area (Å²) in [4.78, 5) is 0. The standard InChI is InChI=1S/C10H21NO3S/c1-2-3-4-7-15(12,13)10-8-14-6-5-9(10)11/h9-10H,2-8,11H2,1H3. The highest BCUT2D eigenvalue weighted by atomic mass is 32.2. The molecule has 0 bridgehead atoms. The molecule has 2 atom stereocenters. The van der Waals surface area contributed by atoms with Crippen molar-refractivity contribution >= 4 is 9.84 Å². The van der Waals surface area contributed by atoms with E-state index in [0.717, 1.165) is 19.3 Å². The summed E-state index contributed by atoms with van der Waals surface area (Å²) >= 11 is 0. The van der Waals surface area contributed by atoms with Crippen LogP contribution in [0, 0.1) is 0 Å². The Morgan fingerprint density at radius 2 is 2.13 bits per heavy atom. The minimum Gasteiger partial charge on any atom is -0.380 e. The lowest BCUT2D eigenvalue weighted by Crippen LogP contribution is -2.48. The van der Waals surface area contributed by atoms with E-state index in [1.807, 2.05) is 0 Å². The lowest BCUT2D eigenvalue weighted by molar-refractivity contribution is 0.0891. The van der Waals surface area contributed by atoms with Crippen molar-refractivity contribution in [1.82, 2.24) is 0 Å². The second-order valence-electron chi connectivity index (χ2n) is 4.14. The first-order valence-electron chi connectivity index (χ1n) is 5.63. The average Bonchev–Trinajstić information content (AvgIpc) is 2.18. The van der Waals surface area contributed by atoms with E-state index < -0.39 is 15.1 Å². The number of hydrogen-bond donors (Lipinski definition) is 1. The summed E-state index contributed by atoms with van der Waals surface area (Å²) < 4.78 is 29.0. The van der Waals surface area contributed by atoms with Gasteiger partial charge in [-0.05, 0) is 12.8 Å². The van der Waals surface area contributed by atoms with Gasteiger partial charge in [0.1, 0.15) is 0 Å². The van der Waals surface area contributed by atoms with E-state index in [4.69, 9.17) is 10.5 Å². The first kappa shape index (κ1) is 12.9. The molecule has 4 nitrogen and oxygen atoms in total. The Kier molecular flexibility index (Phi) is 5.02. The van der Waals surface area contributed by atoms with Gasteiger partial charge in [-0.3, -0.25) is 0 Å². The molecule has 0 aromatic carbocycles. The molecule has 1 heterocycles. The number of nitrogens with two attached hydrogens (primary N) is 1. The molecule has 2 unspecified atom stereocenters. The topological polar surface area (TPSA) is 69.4 Å². The van der Waals surface area contributed by atoms with Crippen molar-refractivity contribution in [2.24, 2.45) is 5.73 Å². The molecule has 0 aromatic heterocycles. The van der Waals surface area contributed by atoms with Crippen molar-refractivity contribution in [2.45, 2.75) is 43.9 Å². The quantitative estimate of drug-likeness (QED) is 0.712. The fourth-order valence-electron chi connectivity index (χ4n) is 1.80. The molecular weight excluding hydrogens is 214 g/mol. The molecule has 15 heavy (non-hydrogen) atoms. The van der Waals surface area contributed by atoms with Crippen LogP contribution >= 0.6 is 0 Å². The minimum atomic E-state index is -3.05. The first-order chi connectivity index (χ1) is 7.08. The van der Waals surface area contributed by atoms with Crippen LogP contribution in [-0.2, 0) is 14.6 Å². The summed E-state index contributed by atoms with van der Waals surface area (Å²) in [5.41, 5.74) is 5.81.